The molecule has 0 fully saturated rings. The molecule has 0 aliphatic rings. The first-order chi connectivity index (χ1) is 5.22. The lowest BCUT2D eigenvalue weighted by Gasteiger charge is -1.94. The van der Waals surface area contributed by atoms with Crippen molar-refractivity contribution >= 4 is 34.8 Å². The molecule has 0 bridgehead atoms. The van der Waals surface area contributed by atoms with Crippen LogP contribution in [0.25, 0.3) is 0 Å². The molecule has 1 rings (SSSR count). The van der Waals surface area contributed by atoms with Crippen molar-refractivity contribution in [2.75, 3.05) is 0 Å². The van der Waals surface area contributed by atoms with E-state index < -0.39 is 0 Å². The van der Waals surface area contributed by atoms with Gasteiger partial charge in [-0.25, -0.2) is 0 Å². The third-order valence-corrected chi connectivity index (χ3v) is 2.14. The molecule has 0 heterocycles. The summed E-state index contributed by atoms with van der Waals surface area (Å²) in [4.78, 5) is 0. The Bertz CT molecular complexity index is 239. The minimum atomic E-state index is 0.417. The second kappa shape index (κ2) is 5.20. The van der Waals surface area contributed by atoms with Gasteiger partial charge in [0.2, 0.25) is 0 Å². The van der Waals surface area contributed by atoms with E-state index in [9.17, 15) is 0 Å². The van der Waals surface area contributed by atoms with E-state index in [1.807, 2.05) is 0 Å². The maximum atomic E-state index is 6.00. The zero-order valence-electron chi connectivity index (χ0n) is 5.26. The molecule has 1 aromatic carbocycles. The van der Waals surface area contributed by atoms with Crippen molar-refractivity contribution < 1.29 is 0 Å². The fourth-order valence-corrected chi connectivity index (χ4v) is 1.00. The van der Waals surface area contributed by atoms with Crippen LogP contribution in [0.5, 0.6) is 0 Å². The molecule has 5 heteroatoms. The van der Waals surface area contributed by atoms with E-state index in [2.05, 4.69) is 0 Å². The number of hydrogen-bond acceptors (Lipinski definition) is 2. The Balaban J connectivity index is 0.000000461. The number of rotatable bonds is 0. The van der Waals surface area contributed by atoms with Crippen molar-refractivity contribution in [2.45, 2.75) is 0 Å². The van der Waals surface area contributed by atoms with Gasteiger partial charge in [-0.05, 0) is 12.1 Å². The van der Waals surface area contributed by atoms with E-state index in [1.54, 1.807) is 18.2 Å². The summed E-state index contributed by atoms with van der Waals surface area (Å²) in [6, 6.07) is 5.13. The largest absolute Gasteiger partial charge is 0.0827 e. The van der Waals surface area contributed by atoms with Gasteiger partial charge in [0.05, 0.1) is 15.1 Å². The molecule has 0 atom stereocenters. The van der Waals surface area contributed by atoms with Crippen molar-refractivity contribution in [3.63, 3.8) is 0 Å². The van der Waals surface area contributed by atoms with E-state index in [-0.39, 0.29) is 0 Å². The summed E-state index contributed by atoms with van der Waals surface area (Å²) < 4.78 is 0. The highest BCUT2D eigenvalue weighted by molar-refractivity contribution is 6.47. The second-order valence-corrected chi connectivity index (χ2v) is 2.73. The van der Waals surface area contributed by atoms with E-state index in [4.69, 9.17) is 45.6 Å². The van der Waals surface area contributed by atoms with Gasteiger partial charge in [0.25, 0.3) is 0 Å². The molecular weight excluding hydrogens is 206 g/mol. The number of benzene rings is 1. The van der Waals surface area contributed by atoms with Gasteiger partial charge < -0.3 is 0 Å². The van der Waals surface area contributed by atoms with E-state index in [1.165, 1.54) is 0 Å². The van der Waals surface area contributed by atoms with Crippen LogP contribution >= 0.6 is 34.8 Å². The van der Waals surface area contributed by atoms with Gasteiger partial charge in [0.1, 0.15) is 0 Å². The zero-order valence-corrected chi connectivity index (χ0v) is 7.53. The summed E-state index contributed by atoms with van der Waals surface area (Å²) in [7, 11) is 0. The topological polar surface area (TPSA) is 47.6 Å². The van der Waals surface area contributed by atoms with Gasteiger partial charge in [0, 0.05) is 10.8 Å². The Morgan fingerprint density at radius 2 is 1.27 bits per heavy atom. The summed E-state index contributed by atoms with van der Waals surface area (Å²) >= 11 is 16.8. The smallest absolute Gasteiger partial charge is 0.0778 e. The van der Waals surface area contributed by atoms with Crippen molar-refractivity contribution in [1.29, 1.82) is 10.8 Å². The molecular formula is C6H3Cl3N2. The highest BCUT2D eigenvalue weighted by Crippen LogP contribution is 2.28. The molecule has 0 amide bonds. The summed E-state index contributed by atoms with van der Waals surface area (Å²) in [5.41, 5.74) is 0. The van der Waals surface area contributed by atoms with E-state index in [0.717, 1.165) is 0 Å². The average Bonchev–Trinajstić information content (AvgIpc) is 2.04. The molecule has 11 heavy (non-hydrogen) atoms. The molecule has 58 valence electrons. The average molecular weight is 209 g/mol. The Labute approximate surface area is 79.1 Å². The number of nitrogens with zero attached hydrogens (tertiary/aromatic N) is 2. The zero-order chi connectivity index (χ0) is 8.85. The number of halogens is 3. The maximum Gasteiger partial charge on any atom is 0.0778 e. The van der Waals surface area contributed by atoms with Crippen LogP contribution in [-0.2, 0) is 0 Å². The first-order valence-corrected chi connectivity index (χ1v) is 3.64. The summed E-state index contributed by atoms with van der Waals surface area (Å²) in [6.07, 6.45) is 0. The molecule has 2 nitrogen and oxygen atoms in total. The minimum Gasteiger partial charge on any atom is -0.0827 e. The molecule has 0 unspecified atom stereocenters. The lowest BCUT2D eigenvalue weighted by Crippen LogP contribution is -1.67. The summed E-state index contributed by atoms with van der Waals surface area (Å²) in [5, 5.41) is 13.4. The number of hydrogen-bond donors (Lipinski definition) is 0. The second-order valence-electron chi connectivity index (χ2n) is 1.54. The molecule has 0 aromatic heterocycles. The maximum absolute atomic E-state index is 6.00. The first kappa shape index (κ1) is 10.5. The Morgan fingerprint density at radius 1 is 0.909 bits per heavy atom. The molecule has 0 aliphatic carbocycles. The van der Waals surface area contributed by atoms with Gasteiger partial charge in [-0.1, -0.05) is 40.9 Å². The van der Waals surface area contributed by atoms with Gasteiger partial charge in [0.15, 0.2) is 0 Å². The fraction of sp³-hybridized carbons (Fsp3) is 0. The predicted molar refractivity (Wildman–Crippen MR) is 44.9 cm³/mol. The SMILES string of the molecule is Clc1cccc(Cl)c1Cl.N#N. The molecule has 0 saturated heterocycles. The van der Waals surface area contributed by atoms with Crippen LogP contribution in [0.2, 0.25) is 15.1 Å². The molecule has 0 aliphatic heterocycles. The molecule has 1 aromatic rings. The highest BCUT2D eigenvalue weighted by Gasteiger charge is 1.98. The van der Waals surface area contributed by atoms with Crippen LogP contribution < -0.4 is 0 Å². The molecule has 0 radical (unpaired) electrons. The van der Waals surface area contributed by atoms with Gasteiger partial charge in [-0.15, -0.1) is 0 Å². The van der Waals surface area contributed by atoms with Crippen LogP contribution in [0.3, 0.4) is 0 Å². The monoisotopic (exact) mass is 208 g/mol. The fourth-order valence-electron chi connectivity index (χ4n) is 0.477. The van der Waals surface area contributed by atoms with Gasteiger partial charge in [-0.3, -0.25) is 0 Å². The molecule has 0 saturated carbocycles. The van der Waals surface area contributed by atoms with Gasteiger partial charge in [-0.2, -0.15) is 0 Å². The van der Waals surface area contributed by atoms with Crippen LogP contribution in [-0.4, -0.2) is 0 Å². The Hall–Kier alpha value is -0.490. The van der Waals surface area contributed by atoms with Crippen LogP contribution in [0.15, 0.2) is 18.2 Å². The van der Waals surface area contributed by atoms with E-state index in [0.29, 0.717) is 15.1 Å². The molecule has 0 spiro atoms. The standard InChI is InChI=1S/C6H3Cl3.N2/c7-4-2-1-3-5(8)6(4)9;1-2/h1-3H;. The van der Waals surface area contributed by atoms with Crippen molar-refractivity contribution in [3.8, 4) is 0 Å². The predicted octanol–water partition coefficient (Wildman–Crippen LogP) is 3.68. The summed E-state index contributed by atoms with van der Waals surface area (Å²) in [5.74, 6) is 0. The normalized spacial score (nSPS) is 8.09. The Morgan fingerprint density at radius 3 is 1.55 bits per heavy atom. The lowest BCUT2D eigenvalue weighted by atomic mass is 10.4. The van der Waals surface area contributed by atoms with Crippen molar-refractivity contribution in [2.24, 2.45) is 0 Å². The van der Waals surface area contributed by atoms with Crippen molar-refractivity contribution in [3.05, 3.63) is 33.3 Å². The van der Waals surface area contributed by atoms with Crippen LogP contribution in [0.1, 0.15) is 0 Å². The van der Waals surface area contributed by atoms with Crippen molar-refractivity contribution in [1.82, 2.24) is 0 Å². The lowest BCUT2D eigenvalue weighted by molar-refractivity contribution is 1.15. The summed E-state index contributed by atoms with van der Waals surface area (Å²) in [6.45, 7) is 0. The first-order valence-electron chi connectivity index (χ1n) is 2.51. The Kier molecular flexibility index (Phi) is 4.97. The highest BCUT2D eigenvalue weighted by atomic mass is 35.5. The van der Waals surface area contributed by atoms with Gasteiger partial charge >= 0.3 is 0 Å². The third kappa shape index (κ3) is 2.94. The minimum absolute atomic E-state index is 0.417. The van der Waals surface area contributed by atoms with Crippen LogP contribution in [0.4, 0.5) is 0 Å². The van der Waals surface area contributed by atoms with E-state index >= 15 is 0 Å². The third-order valence-electron chi connectivity index (χ3n) is 0.904. The quantitative estimate of drug-likeness (QED) is 0.483. The molecule has 0 N–H and O–H groups in total. The van der Waals surface area contributed by atoms with Crippen LogP contribution in [0, 0.1) is 10.8 Å².